The van der Waals surface area contributed by atoms with Crippen LogP contribution in [0.15, 0.2) is 60.9 Å². The zero-order valence-electron chi connectivity index (χ0n) is 17.6. The summed E-state index contributed by atoms with van der Waals surface area (Å²) in [5, 5.41) is 8.84. The number of hydrogen-bond acceptors (Lipinski definition) is 3. The van der Waals surface area contributed by atoms with Gasteiger partial charge >= 0.3 is 6.03 Å². The van der Waals surface area contributed by atoms with Gasteiger partial charge in [-0.25, -0.2) is 4.79 Å². The smallest absolute Gasteiger partial charge is 0.319 e. The third kappa shape index (κ3) is 5.79. The molecule has 3 aromatic rings. The van der Waals surface area contributed by atoms with Gasteiger partial charge in [-0.1, -0.05) is 23.7 Å². The van der Waals surface area contributed by atoms with E-state index >= 15 is 0 Å². The maximum atomic E-state index is 12.7. The maximum Gasteiger partial charge on any atom is 0.319 e. The topological polar surface area (TPSA) is 84.4 Å². The van der Waals surface area contributed by atoms with Crippen LogP contribution in [0.1, 0.15) is 29.8 Å². The van der Waals surface area contributed by atoms with Gasteiger partial charge in [0.25, 0.3) is 5.91 Å². The van der Waals surface area contributed by atoms with Gasteiger partial charge in [0, 0.05) is 36.7 Å². The SMILES string of the molecule is COc1cc(-n2cccc2)c(Cl)cc1C(=O)NCc1ccc(NC(=O)NC(C)C)cc1. The van der Waals surface area contributed by atoms with Crippen molar-refractivity contribution in [1.82, 2.24) is 15.2 Å². The summed E-state index contributed by atoms with van der Waals surface area (Å²) < 4.78 is 7.26. The number of amides is 3. The average Bonchev–Trinajstić information content (AvgIpc) is 3.26. The van der Waals surface area contributed by atoms with Crippen LogP contribution in [0.2, 0.25) is 5.02 Å². The number of carbonyl (C=O) groups excluding carboxylic acids is 2. The van der Waals surface area contributed by atoms with Crippen molar-refractivity contribution in [3.63, 3.8) is 0 Å². The molecule has 0 aliphatic carbocycles. The third-order valence-electron chi connectivity index (χ3n) is 4.48. The molecular formula is C23H25ClN4O3. The second-order valence-electron chi connectivity index (χ2n) is 7.23. The van der Waals surface area contributed by atoms with Crippen molar-refractivity contribution >= 4 is 29.2 Å². The Hall–Kier alpha value is -3.45. The number of carbonyl (C=O) groups is 2. The number of nitrogens with zero attached hydrogens (tertiary/aromatic N) is 1. The van der Waals surface area contributed by atoms with Crippen LogP contribution >= 0.6 is 11.6 Å². The van der Waals surface area contributed by atoms with Crippen LogP contribution in [0.3, 0.4) is 0 Å². The molecule has 3 N–H and O–H groups in total. The summed E-state index contributed by atoms with van der Waals surface area (Å²) in [5.41, 5.74) is 2.64. The number of aromatic nitrogens is 1. The molecule has 162 valence electrons. The first-order valence-electron chi connectivity index (χ1n) is 9.83. The van der Waals surface area contributed by atoms with Crippen molar-refractivity contribution in [2.45, 2.75) is 26.4 Å². The number of urea groups is 1. The molecule has 3 amide bonds. The molecule has 0 saturated heterocycles. The summed E-state index contributed by atoms with van der Waals surface area (Å²) in [6.07, 6.45) is 3.73. The van der Waals surface area contributed by atoms with Gasteiger partial charge in [-0.2, -0.15) is 0 Å². The molecule has 0 bridgehead atoms. The second kappa shape index (κ2) is 10.0. The van der Waals surface area contributed by atoms with Crippen molar-refractivity contribution < 1.29 is 14.3 Å². The molecule has 1 aromatic heterocycles. The number of nitrogens with one attached hydrogen (secondary N) is 3. The highest BCUT2D eigenvalue weighted by molar-refractivity contribution is 6.33. The number of hydrogen-bond donors (Lipinski definition) is 3. The first-order chi connectivity index (χ1) is 14.9. The largest absolute Gasteiger partial charge is 0.496 e. The molecule has 0 atom stereocenters. The van der Waals surface area contributed by atoms with Gasteiger partial charge in [-0.05, 0) is 49.7 Å². The molecule has 8 heteroatoms. The Morgan fingerprint density at radius 2 is 1.77 bits per heavy atom. The van der Waals surface area contributed by atoms with E-state index in [0.29, 0.717) is 28.6 Å². The van der Waals surface area contributed by atoms with Crippen molar-refractivity contribution in [3.8, 4) is 11.4 Å². The number of rotatable bonds is 7. The number of halogens is 1. The van der Waals surface area contributed by atoms with Gasteiger partial charge in [-0.15, -0.1) is 0 Å². The Bertz CT molecular complexity index is 1050. The predicted octanol–water partition coefficient (Wildman–Crippen LogP) is 4.60. The predicted molar refractivity (Wildman–Crippen MR) is 122 cm³/mol. The van der Waals surface area contributed by atoms with E-state index in [2.05, 4.69) is 16.0 Å². The molecule has 31 heavy (non-hydrogen) atoms. The van der Waals surface area contributed by atoms with Crippen molar-refractivity contribution in [2.75, 3.05) is 12.4 Å². The third-order valence-corrected chi connectivity index (χ3v) is 4.78. The first-order valence-corrected chi connectivity index (χ1v) is 10.2. The van der Waals surface area contributed by atoms with Crippen LogP contribution in [-0.2, 0) is 6.54 Å². The molecule has 0 radical (unpaired) electrons. The molecule has 0 spiro atoms. The number of ether oxygens (including phenoxy) is 1. The van der Waals surface area contributed by atoms with Crippen LogP contribution in [0.5, 0.6) is 5.75 Å². The molecule has 3 rings (SSSR count). The van der Waals surface area contributed by atoms with E-state index in [1.54, 1.807) is 24.3 Å². The lowest BCUT2D eigenvalue weighted by Gasteiger charge is -2.14. The molecular weight excluding hydrogens is 416 g/mol. The van der Waals surface area contributed by atoms with E-state index in [4.69, 9.17) is 16.3 Å². The van der Waals surface area contributed by atoms with Gasteiger partial charge in [-0.3, -0.25) is 4.79 Å². The van der Waals surface area contributed by atoms with Gasteiger partial charge in [0.2, 0.25) is 0 Å². The standard InChI is InChI=1S/C23H25ClN4O3/c1-15(2)26-23(30)27-17-8-6-16(7-9-17)14-25-22(29)18-12-19(24)20(13-21(18)31-3)28-10-4-5-11-28/h4-13,15H,14H2,1-3H3,(H,25,29)(H2,26,27,30). The van der Waals surface area contributed by atoms with Gasteiger partial charge < -0.3 is 25.3 Å². The normalized spacial score (nSPS) is 10.6. The van der Waals surface area contributed by atoms with Crippen molar-refractivity contribution in [1.29, 1.82) is 0 Å². The van der Waals surface area contributed by atoms with Crippen LogP contribution in [0.25, 0.3) is 5.69 Å². The molecule has 0 fully saturated rings. The Morgan fingerprint density at radius 1 is 1.10 bits per heavy atom. The number of methoxy groups -OCH3 is 1. The van der Waals surface area contributed by atoms with E-state index in [9.17, 15) is 9.59 Å². The molecule has 0 saturated carbocycles. The van der Waals surface area contributed by atoms with Gasteiger partial charge in [0.1, 0.15) is 5.75 Å². The Kier molecular flexibility index (Phi) is 7.20. The molecule has 0 aliphatic heterocycles. The van der Waals surface area contributed by atoms with Crippen LogP contribution in [0.4, 0.5) is 10.5 Å². The Morgan fingerprint density at radius 3 is 2.39 bits per heavy atom. The summed E-state index contributed by atoms with van der Waals surface area (Å²) in [4.78, 5) is 24.5. The van der Waals surface area contributed by atoms with Gasteiger partial charge in [0.15, 0.2) is 0 Å². The molecule has 0 aliphatic rings. The van der Waals surface area contributed by atoms with E-state index in [0.717, 1.165) is 11.3 Å². The summed E-state index contributed by atoms with van der Waals surface area (Å²) in [6.45, 7) is 4.10. The van der Waals surface area contributed by atoms with E-state index in [1.807, 2.05) is 55.1 Å². The lowest BCUT2D eigenvalue weighted by molar-refractivity contribution is 0.0948. The van der Waals surface area contributed by atoms with E-state index < -0.39 is 0 Å². The second-order valence-corrected chi connectivity index (χ2v) is 7.63. The minimum Gasteiger partial charge on any atom is -0.496 e. The quantitative estimate of drug-likeness (QED) is 0.502. The lowest BCUT2D eigenvalue weighted by Crippen LogP contribution is -2.34. The number of anilines is 1. The lowest BCUT2D eigenvalue weighted by atomic mass is 10.1. The summed E-state index contributed by atoms with van der Waals surface area (Å²) in [6, 6.07) is 14.2. The van der Waals surface area contributed by atoms with E-state index in [-0.39, 0.29) is 18.0 Å². The Balaban J connectivity index is 1.65. The molecule has 7 nitrogen and oxygen atoms in total. The number of benzene rings is 2. The summed E-state index contributed by atoms with van der Waals surface area (Å²) in [5.74, 6) is 0.137. The first kappa shape index (κ1) is 22.2. The van der Waals surface area contributed by atoms with Crippen LogP contribution < -0.4 is 20.7 Å². The fourth-order valence-corrected chi connectivity index (χ4v) is 3.26. The summed E-state index contributed by atoms with van der Waals surface area (Å²) in [7, 11) is 1.51. The van der Waals surface area contributed by atoms with Crippen molar-refractivity contribution in [2.24, 2.45) is 0 Å². The molecule has 0 unspecified atom stereocenters. The fraction of sp³-hybridized carbons (Fsp3) is 0.217. The van der Waals surface area contributed by atoms with Crippen LogP contribution in [-0.4, -0.2) is 29.7 Å². The van der Waals surface area contributed by atoms with Crippen molar-refractivity contribution in [3.05, 3.63) is 77.1 Å². The van der Waals surface area contributed by atoms with E-state index in [1.165, 1.54) is 7.11 Å². The highest BCUT2D eigenvalue weighted by Gasteiger charge is 2.16. The summed E-state index contributed by atoms with van der Waals surface area (Å²) >= 11 is 6.41. The zero-order chi connectivity index (χ0) is 22.4. The monoisotopic (exact) mass is 440 g/mol. The molecule has 1 heterocycles. The zero-order valence-corrected chi connectivity index (χ0v) is 18.4. The fourth-order valence-electron chi connectivity index (χ4n) is 2.99. The van der Waals surface area contributed by atoms with Crippen LogP contribution in [0, 0.1) is 0 Å². The highest BCUT2D eigenvalue weighted by Crippen LogP contribution is 2.30. The minimum absolute atomic E-state index is 0.0531. The van der Waals surface area contributed by atoms with Gasteiger partial charge in [0.05, 0.1) is 23.4 Å². The average molecular weight is 441 g/mol. The molecule has 2 aromatic carbocycles. The maximum absolute atomic E-state index is 12.7. The highest BCUT2D eigenvalue weighted by atomic mass is 35.5. The minimum atomic E-state index is -0.295. The Labute approximate surface area is 186 Å².